The van der Waals surface area contributed by atoms with Crippen molar-refractivity contribution in [3.63, 3.8) is 0 Å². The molecule has 1 aliphatic heterocycles. The average Bonchev–Trinajstić information content (AvgIpc) is 3.24. The minimum absolute atomic E-state index is 0.259. The maximum absolute atomic E-state index is 13.5. The van der Waals surface area contributed by atoms with Gasteiger partial charge in [-0.1, -0.05) is 30.3 Å². The summed E-state index contributed by atoms with van der Waals surface area (Å²) in [5.74, 6) is 0.558. The van der Waals surface area contributed by atoms with Crippen LogP contribution in [0.3, 0.4) is 0 Å². The van der Waals surface area contributed by atoms with Crippen LogP contribution < -0.4 is 5.32 Å². The van der Waals surface area contributed by atoms with Crippen molar-refractivity contribution in [2.75, 3.05) is 44.7 Å². The van der Waals surface area contributed by atoms with E-state index in [1.807, 2.05) is 22.8 Å². The number of anilines is 1. The van der Waals surface area contributed by atoms with Crippen LogP contribution >= 0.6 is 0 Å². The lowest BCUT2D eigenvalue weighted by molar-refractivity contribution is 0.0378. The smallest absolute Gasteiger partial charge is 0.150 e. The first-order chi connectivity index (χ1) is 15.8. The van der Waals surface area contributed by atoms with Crippen molar-refractivity contribution < 1.29 is 9.13 Å². The molecule has 1 aliphatic rings. The van der Waals surface area contributed by atoms with E-state index in [4.69, 9.17) is 4.74 Å². The van der Waals surface area contributed by atoms with E-state index in [-0.39, 0.29) is 5.82 Å². The van der Waals surface area contributed by atoms with Crippen LogP contribution in [0.2, 0.25) is 0 Å². The second-order valence-corrected chi connectivity index (χ2v) is 7.91. The third-order valence-corrected chi connectivity index (χ3v) is 5.82. The van der Waals surface area contributed by atoms with Crippen LogP contribution in [0.4, 0.5) is 10.2 Å². The quantitative estimate of drug-likeness (QED) is 0.441. The molecule has 0 saturated carbocycles. The van der Waals surface area contributed by atoms with Crippen LogP contribution in [0.15, 0.2) is 67.1 Å². The molecule has 0 amide bonds. The summed E-state index contributed by atoms with van der Waals surface area (Å²) in [5.41, 5.74) is 3.78. The third kappa shape index (κ3) is 4.35. The van der Waals surface area contributed by atoms with E-state index < -0.39 is 0 Å². The number of aromatic nitrogens is 3. The average molecular weight is 432 g/mol. The Bertz CT molecular complexity index is 1170. The van der Waals surface area contributed by atoms with Gasteiger partial charge in [-0.15, -0.1) is 0 Å². The highest BCUT2D eigenvalue weighted by Gasteiger charge is 2.17. The van der Waals surface area contributed by atoms with Gasteiger partial charge in [0.05, 0.1) is 18.6 Å². The van der Waals surface area contributed by atoms with Gasteiger partial charge in [0.2, 0.25) is 0 Å². The zero-order valence-electron chi connectivity index (χ0n) is 17.9. The highest BCUT2D eigenvalue weighted by atomic mass is 19.1. The fraction of sp³-hybridized carbons (Fsp3) is 0.280. The summed E-state index contributed by atoms with van der Waals surface area (Å²) < 4.78 is 20.9. The molecule has 2 aromatic heterocycles. The van der Waals surface area contributed by atoms with Gasteiger partial charge in [-0.2, -0.15) is 0 Å². The van der Waals surface area contributed by atoms with E-state index in [2.05, 4.69) is 38.5 Å². The Kier molecular flexibility index (Phi) is 6.09. The lowest BCUT2D eigenvalue weighted by atomic mass is 10.1. The van der Waals surface area contributed by atoms with Crippen molar-refractivity contribution in [2.45, 2.75) is 6.42 Å². The van der Waals surface area contributed by atoms with Crippen LogP contribution in [0.25, 0.3) is 27.8 Å². The van der Waals surface area contributed by atoms with Crippen molar-refractivity contribution in [3.8, 4) is 16.8 Å². The molecule has 5 rings (SSSR count). The fourth-order valence-electron chi connectivity index (χ4n) is 4.17. The maximum Gasteiger partial charge on any atom is 0.150 e. The third-order valence-electron chi connectivity index (χ3n) is 5.82. The number of ether oxygens (including phenoxy) is 1. The molecule has 32 heavy (non-hydrogen) atoms. The van der Waals surface area contributed by atoms with Crippen molar-refractivity contribution in [1.82, 2.24) is 19.4 Å². The van der Waals surface area contributed by atoms with Gasteiger partial charge in [0.25, 0.3) is 0 Å². The number of hydrogen-bond acceptors (Lipinski definition) is 5. The van der Waals surface area contributed by atoms with Crippen molar-refractivity contribution in [1.29, 1.82) is 0 Å². The topological polar surface area (TPSA) is 55.2 Å². The first-order valence-corrected chi connectivity index (χ1v) is 11.0. The van der Waals surface area contributed by atoms with E-state index >= 15 is 0 Å². The molecule has 4 aromatic rings. The number of hydrogen-bond donors (Lipinski definition) is 1. The first kappa shape index (κ1) is 20.6. The zero-order chi connectivity index (χ0) is 21.8. The molecule has 7 heteroatoms. The minimum atomic E-state index is -0.259. The normalized spacial score (nSPS) is 14.7. The molecule has 0 bridgehead atoms. The molecule has 164 valence electrons. The number of morpholine rings is 1. The molecule has 1 fully saturated rings. The highest BCUT2D eigenvalue weighted by molar-refractivity contribution is 6.02. The lowest BCUT2D eigenvalue weighted by Gasteiger charge is -2.26. The molecular weight excluding hydrogens is 405 g/mol. The summed E-state index contributed by atoms with van der Waals surface area (Å²) in [5, 5.41) is 4.50. The number of benzene rings is 2. The first-order valence-electron chi connectivity index (χ1n) is 11.0. The molecule has 0 atom stereocenters. The van der Waals surface area contributed by atoms with Crippen LogP contribution in [0, 0.1) is 5.82 Å². The number of rotatable bonds is 7. The minimum Gasteiger partial charge on any atom is -0.379 e. The van der Waals surface area contributed by atoms with Crippen molar-refractivity contribution in [3.05, 3.63) is 72.9 Å². The second-order valence-electron chi connectivity index (χ2n) is 7.91. The molecule has 2 aromatic carbocycles. The van der Waals surface area contributed by atoms with Gasteiger partial charge in [-0.3, -0.25) is 4.90 Å². The van der Waals surface area contributed by atoms with Gasteiger partial charge < -0.3 is 14.6 Å². The van der Waals surface area contributed by atoms with Crippen LogP contribution in [-0.4, -0.2) is 58.8 Å². The van der Waals surface area contributed by atoms with Crippen LogP contribution in [-0.2, 0) is 4.74 Å². The van der Waals surface area contributed by atoms with Gasteiger partial charge in [-0.05, 0) is 42.8 Å². The fourth-order valence-corrected chi connectivity index (χ4v) is 4.17. The van der Waals surface area contributed by atoms with E-state index in [1.165, 1.54) is 12.1 Å². The molecule has 6 nitrogen and oxygen atoms in total. The Morgan fingerprint density at radius 3 is 2.53 bits per heavy atom. The predicted octanol–water partition coefficient (Wildman–Crippen LogP) is 4.36. The van der Waals surface area contributed by atoms with Gasteiger partial charge >= 0.3 is 0 Å². The zero-order valence-corrected chi connectivity index (χ0v) is 17.9. The number of nitrogens with zero attached hydrogens (tertiary/aromatic N) is 4. The van der Waals surface area contributed by atoms with E-state index in [0.717, 1.165) is 79.5 Å². The van der Waals surface area contributed by atoms with Gasteiger partial charge in [0.1, 0.15) is 18.0 Å². The Morgan fingerprint density at radius 2 is 1.75 bits per heavy atom. The molecule has 0 unspecified atom stereocenters. The lowest BCUT2D eigenvalue weighted by Crippen LogP contribution is -2.37. The molecule has 3 heterocycles. The summed E-state index contributed by atoms with van der Waals surface area (Å²) in [4.78, 5) is 11.6. The largest absolute Gasteiger partial charge is 0.379 e. The van der Waals surface area contributed by atoms with Crippen LogP contribution in [0.1, 0.15) is 6.42 Å². The second kappa shape index (κ2) is 9.46. The standard InChI is InChI=1S/C25H26FN5O/c26-20-7-9-21(10-8-20)31-17-22(19-5-2-1-3-6-19)23-24(28-18-29-25(23)31)27-11-4-12-30-13-15-32-16-14-30/h1-3,5-10,17-18H,4,11-16H2,(H,27,28,29). The van der Waals surface area contributed by atoms with Gasteiger partial charge in [-0.25, -0.2) is 14.4 Å². The van der Waals surface area contributed by atoms with E-state index in [1.54, 1.807) is 18.5 Å². The maximum atomic E-state index is 13.5. The molecular formula is C25H26FN5O. The SMILES string of the molecule is Fc1ccc(-n2cc(-c3ccccc3)c3c(NCCCN4CCOCC4)ncnc32)cc1. The highest BCUT2D eigenvalue weighted by Crippen LogP contribution is 2.35. The molecule has 0 aliphatic carbocycles. The predicted molar refractivity (Wildman–Crippen MR) is 125 cm³/mol. The Labute approximate surface area is 186 Å². The van der Waals surface area contributed by atoms with Gasteiger partial charge in [0.15, 0.2) is 5.65 Å². The monoisotopic (exact) mass is 431 g/mol. The van der Waals surface area contributed by atoms with Gasteiger partial charge in [0, 0.05) is 37.1 Å². The summed E-state index contributed by atoms with van der Waals surface area (Å²) in [6, 6.07) is 16.7. The summed E-state index contributed by atoms with van der Waals surface area (Å²) in [6.07, 6.45) is 4.66. The Balaban J connectivity index is 1.47. The molecule has 0 radical (unpaired) electrons. The Hall–Kier alpha value is -3.29. The summed E-state index contributed by atoms with van der Waals surface area (Å²) in [7, 11) is 0. The van der Waals surface area contributed by atoms with Crippen molar-refractivity contribution in [2.24, 2.45) is 0 Å². The number of fused-ring (bicyclic) bond motifs is 1. The summed E-state index contributed by atoms with van der Waals surface area (Å²) in [6.45, 7) is 5.48. The van der Waals surface area contributed by atoms with Crippen LogP contribution in [0.5, 0.6) is 0 Å². The van der Waals surface area contributed by atoms with E-state index in [9.17, 15) is 4.39 Å². The number of nitrogens with one attached hydrogen (secondary N) is 1. The molecule has 0 spiro atoms. The van der Waals surface area contributed by atoms with E-state index in [0.29, 0.717) is 0 Å². The molecule has 1 N–H and O–H groups in total. The number of halogens is 1. The molecule has 1 saturated heterocycles. The Morgan fingerprint density at radius 1 is 0.969 bits per heavy atom. The van der Waals surface area contributed by atoms with Crippen molar-refractivity contribution >= 4 is 16.9 Å². The summed E-state index contributed by atoms with van der Waals surface area (Å²) >= 11 is 0.